The van der Waals surface area contributed by atoms with Gasteiger partial charge in [-0.25, -0.2) is 4.98 Å². The first-order chi connectivity index (χ1) is 8.59. The minimum Gasteiger partial charge on any atom is -0.353 e. The molecule has 1 atom stereocenters. The van der Waals surface area contributed by atoms with Crippen LogP contribution in [0.2, 0.25) is 0 Å². The van der Waals surface area contributed by atoms with Gasteiger partial charge in [0.1, 0.15) is 5.82 Å². The fourth-order valence-corrected chi connectivity index (χ4v) is 1.93. The van der Waals surface area contributed by atoms with E-state index in [-0.39, 0.29) is 5.91 Å². The molecule has 5 nitrogen and oxygen atoms in total. The molecular weight excluding hydrogens is 228 g/mol. The van der Waals surface area contributed by atoms with Gasteiger partial charge in [-0.05, 0) is 26.0 Å². The zero-order chi connectivity index (χ0) is 13.1. The molecule has 2 aromatic rings. The van der Waals surface area contributed by atoms with E-state index in [9.17, 15) is 4.79 Å². The van der Waals surface area contributed by atoms with Crippen LogP contribution in [0.4, 0.5) is 0 Å². The van der Waals surface area contributed by atoms with E-state index >= 15 is 0 Å². The van der Waals surface area contributed by atoms with Crippen LogP contribution in [0.5, 0.6) is 0 Å². The summed E-state index contributed by atoms with van der Waals surface area (Å²) in [6, 6.07) is 7.50. The molecule has 0 aliphatic rings. The first kappa shape index (κ1) is 12.6. The van der Waals surface area contributed by atoms with Gasteiger partial charge in [0.2, 0.25) is 5.91 Å². The molecule has 0 bridgehead atoms. The summed E-state index contributed by atoms with van der Waals surface area (Å²) in [5.74, 6) is 0.823. The van der Waals surface area contributed by atoms with Gasteiger partial charge in [-0.2, -0.15) is 0 Å². The van der Waals surface area contributed by atoms with E-state index in [4.69, 9.17) is 5.73 Å². The number of amides is 1. The molecule has 1 heterocycles. The lowest BCUT2D eigenvalue weighted by Crippen LogP contribution is -2.39. The summed E-state index contributed by atoms with van der Waals surface area (Å²) in [5, 5.41) is 2.80. The van der Waals surface area contributed by atoms with Crippen molar-refractivity contribution >= 4 is 16.9 Å². The van der Waals surface area contributed by atoms with Crippen LogP contribution in [0.25, 0.3) is 11.0 Å². The van der Waals surface area contributed by atoms with Gasteiger partial charge in [0.25, 0.3) is 0 Å². The number of aryl methyl sites for hydroxylation is 1. The van der Waals surface area contributed by atoms with Crippen LogP contribution in [0.3, 0.4) is 0 Å². The Morgan fingerprint density at radius 2 is 2.22 bits per heavy atom. The second-order valence-corrected chi connectivity index (χ2v) is 4.38. The van der Waals surface area contributed by atoms with Crippen LogP contribution in [0, 0.1) is 6.92 Å². The highest BCUT2D eigenvalue weighted by atomic mass is 16.2. The van der Waals surface area contributed by atoms with Gasteiger partial charge in [-0.1, -0.05) is 12.1 Å². The summed E-state index contributed by atoms with van der Waals surface area (Å²) in [5.41, 5.74) is 7.55. The largest absolute Gasteiger partial charge is 0.353 e. The van der Waals surface area contributed by atoms with Gasteiger partial charge < -0.3 is 15.6 Å². The standard InChI is InChI=1S/C13H18N4O/c1-9(14)13(18)15-7-8-17-10(2)16-11-5-3-4-6-12(11)17/h3-6,9H,7-8,14H2,1-2H3,(H,15,18). The third-order valence-electron chi connectivity index (χ3n) is 2.89. The van der Waals surface area contributed by atoms with Gasteiger partial charge in [0.15, 0.2) is 0 Å². The molecule has 0 fully saturated rings. The number of carbonyl (C=O) groups excluding carboxylic acids is 1. The lowest BCUT2D eigenvalue weighted by Gasteiger charge is -2.10. The summed E-state index contributed by atoms with van der Waals surface area (Å²) in [4.78, 5) is 15.8. The topological polar surface area (TPSA) is 72.9 Å². The summed E-state index contributed by atoms with van der Waals surface area (Å²) in [7, 11) is 0. The Kier molecular flexibility index (Phi) is 3.62. The minimum absolute atomic E-state index is 0.128. The van der Waals surface area contributed by atoms with Crippen molar-refractivity contribution in [1.82, 2.24) is 14.9 Å². The predicted molar refractivity (Wildman–Crippen MR) is 71.1 cm³/mol. The number of hydrogen-bond donors (Lipinski definition) is 2. The first-order valence-corrected chi connectivity index (χ1v) is 6.05. The Bertz CT molecular complexity index is 559. The highest BCUT2D eigenvalue weighted by Gasteiger charge is 2.08. The predicted octanol–water partition coefficient (Wildman–Crippen LogP) is 0.808. The molecule has 1 aromatic carbocycles. The number of aromatic nitrogens is 2. The zero-order valence-corrected chi connectivity index (χ0v) is 10.7. The van der Waals surface area contributed by atoms with E-state index in [0.29, 0.717) is 13.1 Å². The number of benzene rings is 1. The molecule has 0 spiro atoms. The van der Waals surface area contributed by atoms with Gasteiger partial charge in [0, 0.05) is 13.1 Å². The quantitative estimate of drug-likeness (QED) is 0.838. The second-order valence-electron chi connectivity index (χ2n) is 4.38. The van der Waals surface area contributed by atoms with Crippen molar-refractivity contribution in [1.29, 1.82) is 0 Å². The molecular formula is C13H18N4O. The number of imidazole rings is 1. The van der Waals surface area contributed by atoms with Crippen molar-refractivity contribution in [2.45, 2.75) is 26.4 Å². The second kappa shape index (κ2) is 5.18. The van der Waals surface area contributed by atoms with Gasteiger partial charge in [0.05, 0.1) is 17.1 Å². The number of rotatable bonds is 4. The van der Waals surface area contributed by atoms with Crippen LogP contribution >= 0.6 is 0 Å². The molecule has 2 rings (SSSR count). The van der Waals surface area contributed by atoms with Gasteiger partial charge >= 0.3 is 0 Å². The molecule has 0 saturated heterocycles. The lowest BCUT2D eigenvalue weighted by atomic mass is 10.3. The minimum atomic E-state index is -0.467. The van der Waals surface area contributed by atoms with Crippen LogP contribution in [-0.4, -0.2) is 28.0 Å². The SMILES string of the molecule is Cc1nc2ccccc2n1CCNC(=O)C(C)N. The number of fused-ring (bicyclic) bond motifs is 1. The molecule has 3 N–H and O–H groups in total. The molecule has 0 radical (unpaired) electrons. The maximum Gasteiger partial charge on any atom is 0.236 e. The smallest absolute Gasteiger partial charge is 0.236 e. The van der Waals surface area contributed by atoms with E-state index in [1.54, 1.807) is 6.92 Å². The monoisotopic (exact) mass is 246 g/mol. The van der Waals surface area contributed by atoms with Crippen molar-refractivity contribution in [3.05, 3.63) is 30.1 Å². The van der Waals surface area contributed by atoms with Crippen LogP contribution in [0.15, 0.2) is 24.3 Å². The number of carbonyl (C=O) groups is 1. The molecule has 1 amide bonds. The third-order valence-corrected chi connectivity index (χ3v) is 2.89. The number of hydrogen-bond acceptors (Lipinski definition) is 3. The molecule has 0 saturated carbocycles. The van der Waals surface area contributed by atoms with Crippen molar-refractivity contribution in [3.8, 4) is 0 Å². The molecule has 0 aliphatic heterocycles. The van der Waals surface area contributed by atoms with Crippen molar-refractivity contribution in [3.63, 3.8) is 0 Å². The number of nitrogens with zero attached hydrogens (tertiary/aromatic N) is 2. The van der Waals surface area contributed by atoms with E-state index in [1.807, 2.05) is 31.2 Å². The summed E-state index contributed by atoms with van der Waals surface area (Å²) < 4.78 is 2.09. The van der Waals surface area contributed by atoms with E-state index in [2.05, 4.69) is 14.9 Å². The Labute approximate surface area is 106 Å². The zero-order valence-electron chi connectivity index (χ0n) is 10.7. The van der Waals surface area contributed by atoms with Gasteiger partial charge in [-0.3, -0.25) is 4.79 Å². The highest BCUT2D eigenvalue weighted by Crippen LogP contribution is 2.14. The van der Waals surface area contributed by atoms with Crippen molar-refractivity contribution < 1.29 is 4.79 Å². The normalized spacial score (nSPS) is 12.6. The summed E-state index contributed by atoms with van der Waals surface area (Å²) >= 11 is 0. The Morgan fingerprint density at radius 3 is 2.94 bits per heavy atom. The number of nitrogens with one attached hydrogen (secondary N) is 1. The van der Waals surface area contributed by atoms with E-state index in [1.165, 1.54) is 0 Å². The van der Waals surface area contributed by atoms with E-state index < -0.39 is 6.04 Å². The molecule has 1 aromatic heterocycles. The summed E-state index contributed by atoms with van der Waals surface area (Å²) in [6.07, 6.45) is 0. The van der Waals surface area contributed by atoms with Crippen LogP contribution in [0.1, 0.15) is 12.7 Å². The number of para-hydroxylation sites is 2. The first-order valence-electron chi connectivity index (χ1n) is 6.05. The average molecular weight is 246 g/mol. The molecule has 5 heteroatoms. The summed E-state index contributed by atoms with van der Waals surface area (Å²) in [6.45, 7) is 4.90. The van der Waals surface area contributed by atoms with Crippen LogP contribution in [-0.2, 0) is 11.3 Å². The molecule has 96 valence electrons. The highest BCUT2D eigenvalue weighted by molar-refractivity contribution is 5.81. The Balaban J connectivity index is 2.08. The average Bonchev–Trinajstić information content (AvgIpc) is 2.65. The Morgan fingerprint density at radius 1 is 1.50 bits per heavy atom. The van der Waals surface area contributed by atoms with Crippen LogP contribution < -0.4 is 11.1 Å². The maximum atomic E-state index is 11.4. The fourth-order valence-electron chi connectivity index (χ4n) is 1.93. The lowest BCUT2D eigenvalue weighted by molar-refractivity contribution is -0.122. The maximum absolute atomic E-state index is 11.4. The van der Waals surface area contributed by atoms with Crippen molar-refractivity contribution in [2.24, 2.45) is 5.73 Å². The molecule has 0 aliphatic carbocycles. The van der Waals surface area contributed by atoms with Crippen molar-refractivity contribution in [2.75, 3.05) is 6.54 Å². The molecule has 18 heavy (non-hydrogen) atoms. The van der Waals surface area contributed by atoms with E-state index in [0.717, 1.165) is 16.9 Å². The third kappa shape index (κ3) is 2.51. The Hall–Kier alpha value is -1.88. The fraction of sp³-hybridized carbons (Fsp3) is 0.385. The number of nitrogens with two attached hydrogens (primary N) is 1. The molecule has 1 unspecified atom stereocenters. The van der Waals surface area contributed by atoms with Gasteiger partial charge in [-0.15, -0.1) is 0 Å².